The summed E-state index contributed by atoms with van der Waals surface area (Å²) in [6, 6.07) is 24.6. The number of aliphatic imine (C=N–C) groups is 1. The molecule has 0 bridgehead atoms. The third kappa shape index (κ3) is 3.72. The molecule has 132 valence electrons. The minimum atomic E-state index is -0.168. The molecule has 0 aromatic heterocycles. The second-order valence-corrected chi connectivity index (χ2v) is 7.35. The van der Waals surface area contributed by atoms with Crippen LogP contribution in [0.25, 0.3) is 6.08 Å². The fourth-order valence-electron chi connectivity index (χ4n) is 2.85. The highest BCUT2D eigenvalue weighted by molar-refractivity contribution is 9.10. The van der Waals surface area contributed by atoms with E-state index in [4.69, 9.17) is 11.6 Å². The lowest BCUT2D eigenvalue weighted by atomic mass is 10.1. The van der Waals surface area contributed by atoms with Crippen molar-refractivity contribution in [2.75, 3.05) is 4.90 Å². The average Bonchev–Trinajstić information content (AvgIpc) is 3.00. The standard InChI is InChI=1S/C22H14BrClN2O/c23-17-8-6-16(7-9-17)21-25-20(14-15-4-2-1-3-5-15)22(27)26(21)19-12-10-18(24)11-13-19/h1-14H/b20-14+. The van der Waals surface area contributed by atoms with Gasteiger partial charge < -0.3 is 0 Å². The van der Waals surface area contributed by atoms with Gasteiger partial charge in [0.1, 0.15) is 11.5 Å². The van der Waals surface area contributed by atoms with E-state index in [1.165, 1.54) is 0 Å². The van der Waals surface area contributed by atoms with Crippen LogP contribution in [0.5, 0.6) is 0 Å². The monoisotopic (exact) mass is 436 g/mol. The number of anilines is 1. The molecule has 0 radical (unpaired) electrons. The second-order valence-electron chi connectivity index (χ2n) is 6.00. The van der Waals surface area contributed by atoms with Gasteiger partial charge in [-0.15, -0.1) is 0 Å². The highest BCUT2D eigenvalue weighted by atomic mass is 79.9. The van der Waals surface area contributed by atoms with E-state index in [1.54, 1.807) is 23.1 Å². The third-order valence-corrected chi connectivity index (χ3v) is 4.93. The number of hydrogen-bond acceptors (Lipinski definition) is 2. The Morgan fingerprint density at radius 1 is 0.889 bits per heavy atom. The molecule has 0 saturated heterocycles. The molecule has 0 atom stereocenters. The number of halogens is 2. The smallest absolute Gasteiger partial charge is 0.266 e. The minimum Gasteiger partial charge on any atom is -0.266 e. The van der Waals surface area contributed by atoms with Gasteiger partial charge in [-0.1, -0.05) is 70.0 Å². The number of nitrogens with zero attached hydrogens (tertiary/aromatic N) is 2. The Morgan fingerprint density at radius 2 is 1.56 bits per heavy atom. The fourth-order valence-corrected chi connectivity index (χ4v) is 3.24. The van der Waals surface area contributed by atoms with Gasteiger partial charge in [-0.2, -0.15) is 0 Å². The summed E-state index contributed by atoms with van der Waals surface area (Å²) in [5.41, 5.74) is 2.91. The van der Waals surface area contributed by atoms with Crippen LogP contribution in [-0.4, -0.2) is 11.7 Å². The molecule has 5 heteroatoms. The van der Waals surface area contributed by atoms with Crippen molar-refractivity contribution >= 4 is 51.0 Å². The van der Waals surface area contributed by atoms with Crippen molar-refractivity contribution in [3.05, 3.63) is 105 Å². The van der Waals surface area contributed by atoms with Crippen LogP contribution in [0, 0.1) is 0 Å². The van der Waals surface area contributed by atoms with Gasteiger partial charge in [0.05, 0.1) is 5.69 Å². The maximum absolute atomic E-state index is 13.1. The summed E-state index contributed by atoms with van der Waals surface area (Å²) < 4.78 is 0.967. The summed E-state index contributed by atoms with van der Waals surface area (Å²) >= 11 is 9.45. The minimum absolute atomic E-state index is 0.168. The van der Waals surface area contributed by atoms with Crippen molar-refractivity contribution in [1.29, 1.82) is 0 Å². The predicted molar refractivity (Wildman–Crippen MR) is 114 cm³/mol. The molecule has 1 amide bonds. The summed E-state index contributed by atoms with van der Waals surface area (Å²) in [6.45, 7) is 0. The van der Waals surface area contributed by atoms with Crippen LogP contribution in [0.4, 0.5) is 5.69 Å². The molecule has 1 aliphatic heterocycles. The van der Waals surface area contributed by atoms with Crippen molar-refractivity contribution in [3.63, 3.8) is 0 Å². The van der Waals surface area contributed by atoms with Crippen molar-refractivity contribution in [2.45, 2.75) is 0 Å². The van der Waals surface area contributed by atoms with Gasteiger partial charge in [-0.25, -0.2) is 4.99 Å². The van der Waals surface area contributed by atoms with Gasteiger partial charge >= 0.3 is 0 Å². The van der Waals surface area contributed by atoms with Gasteiger partial charge in [-0.05, 0) is 48.0 Å². The van der Waals surface area contributed by atoms with Crippen LogP contribution >= 0.6 is 27.5 Å². The molecule has 0 aliphatic carbocycles. The SMILES string of the molecule is O=C1/C(=C\c2ccccc2)N=C(c2ccc(Br)cc2)N1c1ccc(Cl)cc1. The fraction of sp³-hybridized carbons (Fsp3) is 0. The quantitative estimate of drug-likeness (QED) is 0.467. The normalized spacial score (nSPS) is 15.3. The Morgan fingerprint density at radius 3 is 2.22 bits per heavy atom. The molecule has 0 N–H and O–H groups in total. The Bertz CT molecular complexity index is 1040. The number of amidine groups is 1. The number of carbonyl (C=O) groups is 1. The first-order chi connectivity index (χ1) is 13.1. The molecule has 0 saturated carbocycles. The highest BCUT2D eigenvalue weighted by Gasteiger charge is 2.32. The van der Waals surface area contributed by atoms with Gasteiger partial charge in [0.25, 0.3) is 5.91 Å². The molecule has 0 spiro atoms. The number of benzene rings is 3. The van der Waals surface area contributed by atoms with Crippen molar-refractivity contribution in [2.24, 2.45) is 4.99 Å². The lowest BCUT2D eigenvalue weighted by molar-refractivity contribution is -0.113. The first-order valence-corrected chi connectivity index (χ1v) is 9.50. The van der Waals surface area contributed by atoms with Crippen LogP contribution < -0.4 is 4.90 Å². The Balaban J connectivity index is 1.82. The molecule has 3 aromatic carbocycles. The molecule has 0 fully saturated rings. The average molecular weight is 438 g/mol. The number of amides is 1. The topological polar surface area (TPSA) is 32.7 Å². The largest absolute Gasteiger partial charge is 0.282 e. The van der Waals surface area contributed by atoms with E-state index in [-0.39, 0.29) is 5.91 Å². The first-order valence-electron chi connectivity index (χ1n) is 8.33. The van der Waals surface area contributed by atoms with Crippen molar-refractivity contribution in [1.82, 2.24) is 0 Å². The Labute approximate surface area is 170 Å². The molecular weight excluding hydrogens is 424 g/mol. The first kappa shape index (κ1) is 17.7. The summed E-state index contributed by atoms with van der Waals surface area (Å²) in [4.78, 5) is 19.4. The van der Waals surface area contributed by atoms with Crippen LogP contribution in [0.2, 0.25) is 5.02 Å². The van der Waals surface area contributed by atoms with E-state index in [1.807, 2.05) is 66.7 Å². The zero-order chi connectivity index (χ0) is 18.8. The molecule has 1 heterocycles. The second kappa shape index (κ2) is 7.51. The molecule has 4 rings (SSSR count). The summed E-state index contributed by atoms with van der Waals surface area (Å²) in [5.74, 6) is 0.427. The van der Waals surface area contributed by atoms with Crippen LogP contribution in [0.1, 0.15) is 11.1 Å². The van der Waals surface area contributed by atoms with Gasteiger partial charge in [0.15, 0.2) is 0 Å². The summed E-state index contributed by atoms with van der Waals surface area (Å²) in [5, 5.41) is 0.618. The van der Waals surface area contributed by atoms with Crippen molar-refractivity contribution < 1.29 is 4.79 Å². The van der Waals surface area contributed by atoms with E-state index in [2.05, 4.69) is 20.9 Å². The molecular formula is C22H14BrClN2O. The third-order valence-electron chi connectivity index (χ3n) is 4.15. The summed E-state index contributed by atoms with van der Waals surface area (Å²) in [6.07, 6.45) is 1.80. The highest BCUT2D eigenvalue weighted by Crippen LogP contribution is 2.29. The zero-order valence-electron chi connectivity index (χ0n) is 14.1. The van der Waals surface area contributed by atoms with E-state index in [0.29, 0.717) is 16.6 Å². The van der Waals surface area contributed by atoms with E-state index >= 15 is 0 Å². The predicted octanol–water partition coefficient (Wildman–Crippen LogP) is 5.94. The molecule has 0 unspecified atom stereocenters. The maximum Gasteiger partial charge on any atom is 0.282 e. The molecule has 3 nitrogen and oxygen atoms in total. The van der Waals surface area contributed by atoms with Gasteiger partial charge in [-0.3, -0.25) is 9.69 Å². The molecule has 1 aliphatic rings. The molecule has 3 aromatic rings. The lowest BCUT2D eigenvalue weighted by Gasteiger charge is -2.18. The number of carbonyl (C=O) groups excluding carboxylic acids is 1. The Kier molecular flexibility index (Phi) is 4.92. The number of hydrogen-bond donors (Lipinski definition) is 0. The van der Waals surface area contributed by atoms with Crippen molar-refractivity contribution in [3.8, 4) is 0 Å². The van der Waals surface area contributed by atoms with Crippen LogP contribution in [0.15, 0.2) is 94.0 Å². The maximum atomic E-state index is 13.1. The summed E-state index contributed by atoms with van der Waals surface area (Å²) in [7, 11) is 0. The van der Waals surface area contributed by atoms with E-state index < -0.39 is 0 Å². The van der Waals surface area contributed by atoms with E-state index in [0.717, 1.165) is 21.3 Å². The zero-order valence-corrected chi connectivity index (χ0v) is 16.5. The van der Waals surface area contributed by atoms with Crippen LogP contribution in [-0.2, 0) is 4.79 Å². The molecule has 27 heavy (non-hydrogen) atoms. The van der Waals surface area contributed by atoms with E-state index in [9.17, 15) is 4.79 Å². The van der Waals surface area contributed by atoms with Crippen LogP contribution in [0.3, 0.4) is 0 Å². The number of rotatable bonds is 3. The van der Waals surface area contributed by atoms with Gasteiger partial charge in [0.2, 0.25) is 0 Å². The lowest BCUT2D eigenvalue weighted by Crippen LogP contribution is -2.32. The van der Waals surface area contributed by atoms with Gasteiger partial charge in [0, 0.05) is 15.1 Å². The Hall–Kier alpha value is -2.69.